The smallest absolute Gasteiger partial charge is 0.305 e. The van der Waals surface area contributed by atoms with Gasteiger partial charge in [-0.3, -0.25) is 0 Å². The highest BCUT2D eigenvalue weighted by molar-refractivity contribution is 7.87. The van der Waals surface area contributed by atoms with Gasteiger partial charge in [0, 0.05) is 14.1 Å². The second kappa shape index (κ2) is 3.00. The van der Waals surface area contributed by atoms with Gasteiger partial charge in [-0.25, -0.2) is 4.79 Å². The molecule has 0 aliphatic heterocycles. The molecule has 0 aliphatic carbocycles. The fraction of sp³-hybridized carbons (Fsp3) is 0.667. The third-order valence-corrected chi connectivity index (χ3v) is 1.67. The predicted molar refractivity (Wildman–Crippen MR) is 32.5 cm³/mol. The fourth-order valence-electron chi connectivity index (χ4n) is 0.157. The average Bonchev–Trinajstić information content (AvgIpc) is 1.64. The van der Waals surface area contributed by atoms with Gasteiger partial charge in [0.2, 0.25) is 11.2 Å². The summed E-state index contributed by atoms with van der Waals surface area (Å²) in [6.45, 7) is 0. The molecule has 0 aromatic heterocycles. The van der Waals surface area contributed by atoms with Crippen LogP contribution in [0.2, 0.25) is 0 Å². The van der Waals surface area contributed by atoms with Crippen molar-refractivity contribution in [3.63, 3.8) is 0 Å². The van der Waals surface area contributed by atoms with E-state index in [4.69, 9.17) is 11.2 Å². The Labute approximate surface area is 53.2 Å². The van der Waals surface area contributed by atoms with Crippen LogP contribution in [0.1, 0.15) is 0 Å². The second-order valence-electron chi connectivity index (χ2n) is 1.42. The van der Waals surface area contributed by atoms with Crippen molar-refractivity contribution >= 4 is 24.0 Å². The van der Waals surface area contributed by atoms with Gasteiger partial charge < -0.3 is 4.90 Å². The van der Waals surface area contributed by atoms with Gasteiger partial charge in [0.1, 0.15) is 0 Å². The maximum atomic E-state index is 10.4. The van der Waals surface area contributed by atoms with E-state index in [0.29, 0.717) is 0 Å². The summed E-state index contributed by atoms with van der Waals surface area (Å²) in [5.74, 6) is 0. The van der Waals surface area contributed by atoms with E-state index in [1.807, 2.05) is 0 Å². The quantitative estimate of drug-likeness (QED) is 0.539. The summed E-state index contributed by atoms with van der Waals surface area (Å²) in [5, 5.41) is 0. The van der Waals surface area contributed by atoms with Crippen LogP contribution in [0.3, 0.4) is 0 Å². The zero-order valence-corrected chi connectivity index (χ0v) is 6.24. The van der Waals surface area contributed by atoms with Crippen LogP contribution in [0.4, 0.5) is 4.79 Å². The van der Waals surface area contributed by atoms with E-state index in [-0.39, 0.29) is 0 Å². The van der Waals surface area contributed by atoms with Gasteiger partial charge in [-0.2, -0.15) is 0 Å². The summed E-state index contributed by atoms with van der Waals surface area (Å²) in [6.07, 6.45) is 0. The first-order chi connectivity index (χ1) is 3.55. The van der Waals surface area contributed by atoms with E-state index in [9.17, 15) is 9.36 Å². The van der Waals surface area contributed by atoms with Crippen LogP contribution in [0.15, 0.2) is 0 Å². The lowest BCUT2D eigenvalue weighted by Gasteiger charge is -1.95. The van der Waals surface area contributed by atoms with Crippen molar-refractivity contribution in [3.8, 4) is 0 Å². The first kappa shape index (κ1) is 7.86. The summed E-state index contributed by atoms with van der Waals surface area (Å²) in [7, 11) is 0.804. The molecule has 0 N–H and O–H groups in total. The highest BCUT2D eigenvalue weighted by atomic mass is 35.7. The van der Waals surface area contributed by atoms with Crippen LogP contribution in [-0.2, 0) is 4.57 Å². The van der Waals surface area contributed by atoms with Crippen molar-refractivity contribution in [2.75, 3.05) is 14.1 Å². The number of halogens is 1. The molecule has 3 nitrogen and oxygen atoms in total. The Morgan fingerprint density at radius 3 is 2.00 bits per heavy atom. The summed E-state index contributed by atoms with van der Waals surface area (Å²) >= 11 is 4.94. The molecule has 0 aromatic carbocycles. The van der Waals surface area contributed by atoms with Gasteiger partial charge >= 0.3 is 12.8 Å². The first-order valence-corrected chi connectivity index (χ1v) is 4.06. The third kappa shape index (κ3) is 2.24. The van der Waals surface area contributed by atoms with Gasteiger partial charge in [-0.05, 0) is 4.57 Å². The molecule has 1 amide bonds. The Hall–Kier alpha value is -0.140. The lowest BCUT2D eigenvalue weighted by Crippen LogP contribution is -2.14. The molecule has 1 unspecified atom stereocenters. The largest absolute Gasteiger partial charge is 0.557 e. The summed E-state index contributed by atoms with van der Waals surface area (Å²) in [5.41, 5.74) is -0.540. The van der Waals surface area contributed by atoms with Gasteiger partial charge in [0.25, 0.3) is 0 Å². The van der Waals surface area contributed by atoms with Crippen LogP contribution < -0.4 is 0 Å². The molecule has 0 bridgehead atoms. The van der Waals surface area contributed by atoms with Crippen molar-refractivity contribution in [1.29, 1.82) is 0 Å². The SMILES string of the molecule is CN(C)C(=O)[P+](=O)Cl. The van der Waals surface area contributed by atoms with E-state index in [0.717, 1.165) is 0 Å². The molecule has 1 atom stereocenters. The highest BCUT2D eigenvalue weighted by Gasteiger charge is 2.27. The average molecular weight is 155 g/mol. The molecular weight excluding hydrogens is 148 g/mol. The van der Waals surface area contributed by atoms with Crippen molar-refractivity contribution in [2.45, 2.75) is 0 Å². The van der Waals surface area contributed by atoms with Gasteiger partial charge in [0.05, 0.1) is 0 Å². The number of hydrogen-bond acceptors (Lipinski definition) is 2. The van der Waals surface area contributed by atoms with E-state index >= 15 is 0 Å². The molecule has 0 saturated carbocycles. The summed E-state index contributed by atoms with van der Waals surface area (Å²) in [4.78, 5) is 11.5. The number of carbonyl (C=O) groups is 1. The van der Waals surface area contributed by atoms with Gasteiger partial charge in [-0.15, -0.1) is 0 Å². The molecule has 0 aromatic rings. The van der Waals surface area contributed by atoms with Crippen molar-refractivity contribution < 1.29 is 9.36 Å². The molecule has 0 radical (unpaired) electrons. The normalized spacial score (nSPS) is 10.6. The second-order valence-corrected chi connectivity index (χ2v) is 3.22. The van der Waals surface area contributed by atoms with Crippen molar-refractivity contribution in [1.82, 2.24) is 4.90 Å². The topological polar surface area (TPSA) is 37.4 Å². The number of amides is 1. The molecule has 0 aliphatic rings. The third-order valence-electron chi connectivity index (χ3n) is 0.533. The highest BCUT2D eigenvalue weighted by Crippen LogP contribution is 2.28. The standard InChI is InChI=1S/C3H6ClNO2P/c1-5(2)3(6)8(4)7/h1-2H3/q+1. The van der Waals surface area contributed by atoms with Gasteiger partial charge in [-0.1, -0.05) is 0 Å². The minimum atomic E-state index is -2.19. The van der Waals surface area contributed by atoms with E-state index in [2.05, 4.69) is 0 Å². The molecule has 0 spiro atoms. The minimum Gasteiger partial charge on any atom is -0.305 e. The summed E-state index contributed by atoms with van der Waals surface area (Å²) < 4.78 is 10.1. The van der Waals surface area contributed by atoms with Crippen LogP contribution in [-0.4, -0.2) is 24.6 Å². The summed E-state index contributed by atoms with van der Waals surface area (Å²) in [6, 6.07) is 0. The lowest BCUT2D eigenvalue weighted by atomic mass is 11.0. The van der Waals surface area contributed by atoms with Crippen LogP contribution in [0.25, 0.3) is 0 Å². The molecule has 5 heteroatoms. The number of nitrogens with zero attached hydrogens (tertiary/aromatic N) is 1. The Morgan fingerprint density at radius 2 is 2.00 bits per heavy atom. The van der Waals surface area contributed by atoms with E-state index in [1.54, 1.807) is 0 Å². The molecule has 0 rings (SSSR count). The Kier molecular flexibility index (Phi) is 2.95. The minimum absolute atomic E-state index is 0.540. The van der Waals surface area contributed by atoms with E-state index < -0.39 is 12.8 Å². The predicted octanol–water partition coefficient (Wildman–Crippen LogP) is 1.65. The van der Waals surface area contributed by atoms with Crippen LogP contribution in [0.5, 0.6) is 0 Å². The molecular formula is C3H6ClNO2P+. The van der Waals surface area contributed by atoms with Gasteiger partial charge in [0.15, 0.2) is 0 Å². The molecule has 8 heavy (non-hydrogen) atoms. The monoisotopic (exact) mass is 154 g/mol. The molecule has 0 saturated heterocycles. The fourth-order valence-corrected chi connectivity index (χ4v) is 0.925. The van der Waals surface area contributed by atoms with E-state index in [1.165, 1.54) is 19.0 Å². The number of hydrogen-bond donors (Lipinski definition) is 0. The Balaban J connectivity index is 3.84. The molecule has 0 heterocycles. The van der Waals surface area contributed by atoms with Crippen molar-refractivity contribution in [2.24, 2.45) is 0 Å². The maximum Gasteiger partial charge on any atom is 0.557 e. The zero-order chi connectivity index (χ0) is 6.73. The maximum absolute atomic E-state index is 10.4. The van der Waals surface area contributed by atoms with Crippen LogP contribution >= 0.6 is 18.4 Å². The van der Waals surface area contributed by atoms with Crippen LogP contribution in [0, 0.1) is 0 Å². The zero-order valence-electron chi connectivity index (χ0n) is 4.59. The van der Waals surface area contributed by atoms with Crippen molar-refractivity contribution in [3.05, 3.63) is 0 Å². The molecule has 0 fully saturated rings. The molecule has 46 valence electrons. The first-order valence-electron chi connectivity index (χ1n) is 1.90. The Morgan fingerprint density at radius 1 is 1.62 bits per heavy atom. The Bertz CT molecular complexity index is 124. The number of rotatable bonds is 1. The number of carbonyl (C=O) groups excluding carboxylic acids is 1. The lowest BCUT2D eigenvalue weighted by molar-refractivity contribution is 0.239.